The Bertz CT molecular complexity index is 1380. The van der Waals surface area contributed by atoms with Gasteiger partial charge in [0.1, 0.15) is 23.1 Å². The smallest absolute Gasteiger partial charge is 0.259 e. The molecule has 2 aromatic heterocycles. The number of aromatic nitrogens is 2. The molecule has 1 unspecified atom stereocenters. The molecule has 0 saturated carbocycles. The summed E-state index contributed by atoms with van der Waals surface area (Å²) in [6.45, 7) is 5.37. The van der Waals surface area contributed by atoms with Gasteiger partial charge >= 0.3 is 0 Å². The van der Waals surface area contributed by atoms with E-state index in [1.54, 1.807) is 7.11 Å². The lowest BCUT2D eigenvalue weighted by Gasteiger charge is -2.11. The van der Waals surface area contributed by atoms with Gasteiger partial charge in [0.05, 0.1) is 6.61 Å². The molecule has 0 bridgehead atoms. The molecule has 0 aliphatic heterocycles. The number of hydrogen-bond donors (Lipinski definition) is 2. The Morgan fingerprint density at radius 1 is 1.11 bits per heavy atom. The molecule has 38 heavy (non-hydrogen) atoms. The summed E-state index contributed by atoms with van der Waals surface area (Å²) in [5, 5.41) is 0.663. The van der Waals surface area contributed by atoms with Crippen molar-refractivity contribution in [1.29, 1.82) is 0 Å². The molecule has 0 aliphatic rings. The van der Waals surface area contributed by atoms with E-state index in [2.05, 4.69) is 29.6 Å². The first kappa shape index (κ1) is 27.7. The first-order valence-corrected chi connectivity index (χ1v) is 14.1. The predicted molar refractivity (Wildman–Crippen MR) is 152 cm³/mol. The van der Waals surface area contributed by atoms with Gasteiger partial charge in [0.15, 0.2) is 6.29 Å². The monoisotopic (exact) mass is 553 g/mol. The number of methoxy groups -OCH3 is 1. The van der Waals surface area contributed by atoms with Crippen molar-refractivity contribution in [3.05, 3.63) is 76.8 Å². The Morgan fingerprint density at radius 3 is 2.47 bits per heavy atom. The minimum atomic E-state index is -2.16. The molecule has 2 heterocycles. The van der Waals surface area contributed by atoms with Gasteiger partial charge in [-0.3, -0.25) is 14.1 Å². The maximum absolute atomic E-state index is 12.1. The van der Waals surface area contributed by atoms with Crippen LogP contribution < -0.4 is 9.46 Å². The predicted octanol–water partition coefficient (Wildman–Crippen LogP) is 5.91. The standard InChI is InChI=1S/C28H31N3O5S2/c1-19(2)15-23-16-24(28(37-23)30-38(33)34)21-11-9-20(10-12-21)17-31-25(18-32)27(36-14-13-35-3)29-26(31)22-7-5-4-6-8-22/h4-12,16,18-19,30H,13-15,17H2,1-3H3,(H,33,34). The third kappa shape index (κ3) is 6.76. The first-order chi connectivity index (χ1) is 18.4. The van der Waals surface area contributed by atoms with E-state index < -0.39 is 11.3 Å². The van der Waals surface area contributed by atoms with Crippen molar-refractivity contribution in [2.75, 3.05) is 25.0 Å². The van der Waals surface area contributed by atoms with E-state index in [-0.39, 0.29) is 12.5 Å². The minimum Gasteiger partial charge on any atom is -0.474 e. The van der Waals surface area contributed by atoms with Gasteiger partial charge in [-0.15, -0.1) is 11.3 Å². The molecular weight excluding hydrogens is 522 g/mol. The summed E-state index contributed by atoms with van der Waals surface area (Å²) in [5.74, 6) is 1.38. The molecular formula is C28H31N3O5S2. The van der Waals surface area contributed by atoms with Crippen molar-refractivity contribution < 1.29 is 23.0 Å². The maximum Gasteiger partial charge on any atom is 0.259 e. The van der Waals surface area contributed by atoms with Gasteiger partial charge < -0.3 is 14.0 Å². The van der Waals surface area contributed by atoms with E-state index in [0.29, 0.717) is 35.6 Å². The number of ether oxygens (including phenoxy) is 2. The first-order valence-electron chi connectivity index (χ1n) is 12.2. The van der Waals surface area contributed by atoms with Gasteiger partial charge in [0.2, 0.25) is 5.88 Å². The minimum absolute atomic E-state index is 0.274. The summed E-state index contributed by atoms with van der Waals surface area (Å²) in [7, 11) is 1.59. The Balaban J connectivity index is 1.66. The van der Waals surface area contributed by atoms with Gasteiger partial charge in [-0.05, 0) is 29.5 Å². The summed E-state index contributed by atoms with van der Waals surface area (Å²) < 4.78 is 36.3. The molecule has 0 amide bonds. The molecule has 0 fully saturated rings. The van der Waals surface area contributed by atoms with Gasteiger partial charge in [-0.1, -0.05) is 68.4 Å². The zero-order valence-electron chi connectivity index (χ0n) is 21.5. The fourth-order valence-electron chi connectivity index (χ4n) is 4.14. The number of rotatable bonds is 13. The van der Waals surface area contributed by atoms with Crippen LogP contribution in [-0.4, -0.2) is 44.9 Å². The maximum atomic E-state index is 12.1. The second-order valence-corrected chi connectivity index (χ2v) is 11.0. The number of aldehydes is 1. The SMILES string of the molecule is COCCOc1nc(-c2ccccc2)n(Cc2ccc(-c3cc(CC(C)C)sc3NS(=O)O)cc2)c1C=O. The van der Waals surface area contributed by atoms with E-state index in [9.17, 15) is 13.6 Å². The zero-order valence-corrected chi connectivity index (χ0v) is 23.2. The van der Waals surface area contributed by atoms with Crippen molar-refractivity contribution >= 4 is 33.9 Å². The Labute approximate surface area is 229 Å². The molecule has 2 N–H and O–H groups in total. The molecule has 0 radical (unpaired) electrons. The Morgan fingerprint density at radius 2 is 1.84 bits per heavy atom. The number of anilines is 1. The van der Waals surface area contributed by atoms with Gasteiger partial charge in [-0.25, -0.2) is 4.21 Å². The molecule has 0 aliphatic carbocycles. The van der Waals surface area contributed by atoms with Gasteiger partial charge in [0, 0.05) is 29.7 Å². The Kier molecular flexibility index (Phi) is 9.46. The molecule has 4 aromatic rings. The number of carbonyl (C=O) groups excluding carboxylic acids is 1. The van der Waals surface area contributed by atoms with Crippen molar-refractivity contribution in [2.45, 2.75) is 26.8 Å². The van der Waals surface area contributed by atoms with E-state index in [1.165, 1.54) is 11.3 Å². The molecule has 200 valence electrons. The van der Waals surface area contributed by atoms with E-state index in [4.69, 9.17) is 9.47 Å². The summed E-state index contributed by atoms with van der Waals surface area (Å²) in [5.41, 5.74) is 4.01. The number of nitrogens with one attached hydrogen (secondary N) is 1. The average Bonchev–Trinajstić information content (AvgIpc) is 3.44. The summed E-state index contributed by atoms with van der Waals surface area (Å²) in [4.78, 5) is 17.9. The Hall–Kier alpha value is -3.31. The molecule has 8 nitrogen and oxygen atoms in total. The van der Waals surface area contributed by atoms with Crippen molar-refractivity contribution in [3.8, 4) is 28.4 Å². The lowest BCUT2D eigenvalue weighted by atomic mass is 10.0. The highest BCUT2D eigenvalue weighted by molar-refractivity contribution is 7.80. The van der Waals surface area contributed by atoms with Crippen molar-refractivity contribution in [2.24, 2.45) is 5.92 Å². The van der Waals surface area contributed by atoms with Crippen LogP contribution >= 0.6 is 11.3 Å². The lowest BCUT2D eigenvalue weighted by Crippen LogP contribution is -2.08. The molecule has 2 aromatic carbocycles. The number of hydrogen-bond acceptors (Lipinski definition) is 6. The normalized spacial score (nSPS) is 12.0. The molecule has 0 spiro atoms. The summed E-state index contributed by atoms with van der Waals surface area (Å²) in [6, 6.07) is 19.7. The van der Waals surface area contributed by atoms with E-state index in [1.807, 2.05) is 59.2 Å². The van der Waals surface area contributed by atoms with Crippen LogP contribution in [0, 0.1) is 5.92 Å². The van der Waals surface area contributed by atoms with E-state index >= 15 is 0 Å². The number of imidazole rings is 1. The highest BCUT2D eigenvalue weighted by Crippen LogP contribution is 2.38. The average molecular weight is 554 g/mol. The third-order valence-electron chi connectivity index (χ3n) is 5.82. The fraction of sp³-hybridized carbons (Fsp3) is 0.286. The van der Waals surface area contributed by atoms with Crippen molar-refractivity contribution in [3.63, 3.8) is 0 Å². The third-order valence-corrected chi connectivity index (χ3v) is 7.40. The summed E-state index contributed by atoms with van der Waals surface area (Å²) >= 11 is -0.664. The number of benzene rings is 2. The van der Waals surface area contributed by atoms with Crippen LogP contribution in [0.1, 0.15) is 34.8 Å². The number of carbonyl (C=O) groups is 1. The molecule has 4 rings (SSSR count). The van der Waals surface area contributed by atoms with Crippen LogP contribution in [0.5, 0.6) is 5.88 Å². The number of thiophene rings is 1. The summed E-state index contributed by atoms with van der Waals surface area (Å²) in [6.07, 6.45) is 1.66. The highest BCUT2D eigenvalue weighted by Gasteiger charge is 2.20. The topological polar surface area (TPSA) is 103 Å². The van der Waals surface area contributed by atoms with Crippen LogP contribution in [0.15, 0.2) is 60.7 Å². The van der Waals surface area contributed by atoms with Crippen LogP contribution in [0.25, 0.3) is 22.5 Å². The quantitative estimate of drug-likeness (QED) is 0.121. The van der Waals surface area contributed by atoms with Crippen molar-refractivity contribution in [1.82, 2.24) is 9.55 Å². The number of nitrogens with zero attached hydrogens (tertiary/aromatic N) is 2. The van der Waals surface area contributed by atoms with E-state index in [0.717, 1.165) is 39.8 Å². The lowest BCUT2D eigenvalue weighted by molar-refractivity contribution is 0.110. The van der Waals surface area contributed by atoms with Crippen LogP contribution in [0.2, 0.25) is 0 Å². The van der Waals surface area contributed by atoms with Gasteiger partial charge in [-0.2, -0.15) is 4.98 Å². The largest absolute Gasteiger partial charge is 0.474 e. The van der Waals surface area contributed by atoms with Crippen LogP contribution in [0.3, 0.4) is 0 Å². The zero-order chi connectivity index (χ0) is 27.1. The molecule has 1 atom stereocenters. The fourth-order valence-corrected chi connectivity index (χ4v) is 5.93. The second-order valence-electron chi connectivity index (χ2n) is 9.14. The molecule has 0 saturated heterocycles. The van der Waals surface area contributed by atoms with Crippen LogP contribution in [-0.2, 0) is 29.0 Å². The second kappa shape index (κ2) is 13.0. The molecule has 10 heteroatoms. The van der Waals surface area contributed by atoms with Gasteiger partial charge in [0.25, 0.3) is 11.3 Å². The van der Waals surface area contributed by atoms with Crippen LogP contribution in [0.4, 0.5) is 5.00 Å². The highest BCUT2D eigenvalue weighted by atomic mass is 32.2.